The molecule has 3 nitrogen and oxygen atoms in total. The topological polar surface area (TPSA) is 48.4 Å². The highest BCUT2D eigenvalue weighted by Gasteiger charge is 2.17. The number of aryl methyl sites for hydroxylation is 1. The number of rotatable bonds is 4. The third-order valence-corrected chi connectivity index (χ3v) is 2.91. The summed E-state index contributed by atoms with van der Waals surface area (Å²) in [4.78, 5) is 0. The van der Waals surface area contributed by atoms with Crippen molar-refractivity contribution in [2.45, 2.75) is 19.4 Å². The van der Waals surface area contributed by atoms with Crippen LogP contribution in [-0.2, 0) is 6.42 Å². The Hall–Kier alpha value is -1.74. The van der Waals surface area contributed by atoms with Crippen LogP contribution in [0.2, 0.25) is 0 Å². The molecular weight excluding hydrogens is 214 g/mol. The minimum absolute atomic E-state index is 0.208. The van der Waals surface area contributed by atoms with Crippen molar-refractivity contribution in [3.63, 3.8) is 0 Å². The minimum atomic E-state index is -0.208. The number of benzene rings is 1. The lowest BCUT2D eigenvalue weighted by atomic mass is 9.98. The monoisotopic (exact) mass is 231 g/mol. The fourth-order valence-electron chi connectivity index (χ4n) is 2.01. The molecule has 0 aliphatic carbocycles. The second-order valence-electron chi connectivity index (χ2n) is 3.87. The number of hydrogen-bond acceptors (Lipinski definition) is 3. The lowest BCUT2D eigenvalue weighted by molar-refractivity contribution is 0.407. The summed E-state index contributed by atoms with van der Waals surface area (Å²) < 4.78 is 10.7. The van der Waals surface area contributed by atoms with Crippen LogP contribution in [0.25, 0.3) is 0 Å². The molecule has 2 aromatic rings. The van der Waals surface area contributed by atoms with Gasteiger partial charge in [-0.05, 0) is 12.1 Å². The number of furan rings is 1. The Morgan fingerprint density at radius 1 is 1.24 bits per heavy atom. The molecule has 0 saturated carbocycles. The number of ether oxygens (including phenoxy) is 1. The zero-order valence-corrected chi connectivity index (χ0v) is 10.1. The molecule has 0 fully saturated rings. The highest BCUT2D eigenvalue weighted by Crippen LogP contribution is 2.30. The van der Waals surface area contributed by atoms with Crippen molar-refractivity contribution in [3.8, 4) is 5.75 Å². The van der Waals surface area contributed by atoms with Crippen molar-refractivity contribution < 1.29 is 9.15 Å². The summed E-state index contributed by atoms with van der Waals surface area (Å²) >= 11 is 0. The average Bonchev–Trinajstić information content (AvgIpc) is 2.86. The lowest BCUT2D eigenvalue weighted by Gasteiger charge is -2.15. The van der Waals surface area contributed by atoms with Crippen molar-refractivity contribution in [2.24, 2.45) is 5.73 Å². The molecule has 1 aromatic carbocycles. The van der Waals surface area contributed by atoms with Crippen molar-refractivity contribution in [1.29, 1.82) is 0 Å². The number of methoxy groups -OCH3 is 1. The van der Waals surface area contributed by atoms with Crippen LogP contribution in [0.5, 0.6) is 5.75 Å². The van der Waals surface area contributed by atoms with Crippen LogP contribution in [0.15, 0.2) is 41.0 Å². The second-order valence-corrected chi connectivity index (χ2v) is 3.87. The molecule has 0 radical (unpaired) electrons. The Morgan fingerprint density at radius 3 is 2.71 bits per heavy atom. The summed E-state index contributed by atoms with van der Waals surface area (Å²) in [6.07, 6.45) is 2.52. The van der Waals surface area contributed by atoms with Gasteiger partial charge in [-0.2, -0.15) is 0 Å². The minimum Gasteiger partial charge on any atom is -0.496 e. The molecule has 0 aliphatic heterocycles. The van der Waals surface area contributed by atoms with Crippen LogP contribution in [0.1, 0.15) is 29.9 Å². The van der Waals surface area contributed by atoms with E-state index in [4.69, 9.17) is 14.9 Å². The van der Waals surface area contributed by atoms with Crippen LogP contribution in [-0.4, -0.2) is 7.11 Å². The van der Waals surface area contributed by atoms with E-state index in [-0.39, 0.29) is 6.04 Å². The van der Waals surface area contributed by atoms with E-state index in [0.29, 0.717) is 0 Å². The van der Waals surface area contributed by atoms with Crippen LogP contribution in [0, 0.1) is 0 Å². The van der Waals surface area contributed by atoms with Gasteiger partial charge in [-0.15, -0.1) is 0 Å². The van der Waals surface area contributed by atoms with E-state index in [1.807, 2.05) is 30.3 Å². The van der Waals surface area contributed by atoms with Gasteiger partial charge in [0, 0.05) is 17.5 Å². The first-order valence-corrected chi connectivity index (χ1v) is 5.72. The van der Waals surface area contributed by atoms with Crippen molar-refractivity contribution in [2.75, 3.05) is 7.11 Å². The molecule has 0 saturated heterocycles. The lowest BCUT2D eigenvalue weighted by Crippen LogP contribution is -2.13. The van der Waals surface area contributed by atoms with Crippen molar-refractivity contribution in [3.05, 3.63) is 53.5 Å². The quantitative estimate of drug-likeness (QED) is 0.880. The summed E-state index contributed by atoms with van der Waals surface area (Å²) in [7, 11) is 1.65. The SMILES string of the molecule is CCc1occc1C(N)c1ccccc1OC. The number of hydrogen-bond donors (Lipinski definition) is 1. The highest BCUT2D eigenvalue weighted by atomic mass is 16.5. The third kappa shape index (κ3) is 2.19. The zero-order valence-electron chi connectivity index (χ0n) is 10.1. The molecule has 1 aromatic heterocycles. The van der Waals surface area contributed by atoms with Gasteiger partial charge in [-0.25, -0.2) is 0 Å². The van der Waals surface area contributed by atoms with Crippen LogP contribution >= 0.6 is 0 Å². The van der Waals surface area contributed by atoms with Crippen LogP contribution in [0.4, 0.5) is 0 Å². The van der Waals surface area contributed by atoms with E-state index >= 15 is 0 Å². The third-order valence-electron chi connectivity index (χ3n) is 2.91. The fourth-order valence-corrected chi connectivity index (χ4v) is 2.01. The maximum absolute atomic E-state index is 6.27. The van der Waals surface area contributed by atoms with Gasteiger partial charge in [0.05, 0.1) is 19.4 Å². The van der Waals surface area contributed by atoms with E-state index in [1.54, 1.807) is 13.4 Å². The molecule has 0 amide bonds. The first kappa shape index (κ1) is 11.7. The van der Waals surface area contributed by atoms with Gasteiger partial charge < -0.3 is 14.9 Å². The molecule has 1 heterocycles. The van der Waals surface area contributed by atoms with E-state index in [9.17, 15) is 0 Å². The summed E-state index contributed by atoms with van der Waals surface area (Å²) in [5, 5.41) is 0. The summed E-state index contributed by atoms with van der Waals surface area (Å²) in [6, 6.07) is 9.52. The Labute approximate surface area is 101 Å². The summed E-state index contributed by atoms with van der Waals surface area (Å²) in [6.45, 7) is 2.05. The van der Waals surface area contributed by atoms with Gasteiger partial charge in [0.25, 0.3) is 0 Å². The molecule has 0 aliphatic rings. The van der Waals surface area contributed by atoms with Gasteiger partial charge >= 0.3 is 0 Å². The van der Waals surface area contributed by atoms with E-state index in [0.717, 1.165) is 29.1 Å². The molecule has 3 heteroatoms. The normalized spacial score (nSPS) is 12.4. The molecule has 2 N–H and O–H groups in total. The smallest absolute Gasteiger partial charge is 0.123 e. The number of para-hydroxylation sites is 1. The first-order chi connectivity index (χ1) is 8.27. The Kier molecular flexibility index (Phi) is 3.49. The highest BCUT2D eigenvalue weighted by molar-refractivity contribution is 5.41. The Bertz CT molecular complexity index is 490. The fraction of sp³-hybridized carbons (Fsp3) is 0.286. The molecular formula is C14H17NO2. The standard InChI is InChI=1S/C14H17NO2/c1-3-12-11(8-9-17-12)14(15)10-6-4-5-7-13(10)16-2/h4-9,14H,3,15H2,1-2H3. The molecule has 0 bridgehead atoms. The van der Waals surface area contributed by atoms with E-state index in [1.165, 1.54) is 0 Å². The van der Waals surface area contributed by atoms with Gasteiger partial charge in [0.2, 0.25) is 0 Å². The van der Waals surface area contributed by atoms with Crippen molar-refractivity contribution in [1.82, 2.24) is 0 Å². The van der Waals surface area contributed by atoms with Gasteiger partial charge in [-0.1, -0.05) is 25.1 Å². The largest absolute Gasteiger partial charge is 0.496 e. The second kappa shape index (κ2) is 5.06. The van der Waals surface area contributed by atoms with E-state index < -0.39 is 0 Å². The maximum atomic E-state index is 6.27. The molecule has 1 atom stereocenters. The summed E-state index contributed by atoms with van der Waals surface area (Å²) in [5.74, 6) is 1.74. The molecule has 0 spiro atoms. The molecule has 1 unspecified atom stereocenters. The predicted octanol–water partition coefficient (Wildman–Crippen LogP) is 2.90. The van der Waals surface area contributed by atoms with Gasteiger partial charge in [-0.3, -0.25) is 0 Å². The van der Waals surface area contributed by atoms with Crippen molar-refractivity contribution >= 4 is 0 Å². The first-order valence-electron chi connectivity index (χ1n) is 5.72. The van der Waals surface area contributed by atoms with Crippen LogP contribution < -0.4 is 10.5 Å². The zero-order chi connectivity index (χ0) is 12.3. The van der Waals surface area contributed by atoms with E-state index in [2.05, 4.69) is 6.92 Å². The number of nitrogens with two attached hydrogens (primary N) is 1. The maximum Gasteiger partial charge on any atom is 0.123 e. The molecule has 90 valence electrons. The van der Waals surface area contributed by atoms with Gasteiger partial charge in [0.1, 0.15) is 11.5 Å². The average molecular weight is 231 g/mol. The summed E-state index contributed by atoms with van der Waals surface area (Å²) in [5.41, 5.74) is 8.28. The molecule has 17 heavy (non-hydrogen) atoms. The Balaban J connectivity index is 2.40. The Morgan fingerprint density at radius 2 is 2.00 bits per heavy atom. The molecule has 2 rings (SSSR count). The van der Waals surface area contributed by atoms with Crippen LogP contribution in [0.3, 0.4) is 0 Å². The van der Waals surface area contributed by atoms with Gasteiger partial charge in [0.15, 0.2) is 0 Å². The predicted molar refractivity (Wildman–Crippen MR) is 67.1 cm³/mol.